The van der Waals surface area contributed by atoms with Crippen LogP contribution in [-0.2, 0) is 0 Å². The van der Waals surface area contributed by atoms with Crippen LogP contribution in [0.3, 0.4) is 0 Å². The molecule has 0 spiro atoms. The van der Waals surface area contributed by atoms with E-state index in [2.05, 4.69) is 47.8 Å². The molecule has 0 aliphatic heterocycles. The maximum Gasteiger partial charge on any atom is 0.297 e. The second-order valence-electron chi connectivity index (χ2n) is 2.24. The van der Waals surface area contributed by atoms with Crippen LogP contribution in [0.2, 0.25) is 0 Å². The van der Waals surface area contributed by atoms with E-state index in [0.717, 1.165) is 6.08 Å². The molecule has 0 aromatic rings. The molecule has 0 rings (SSSR count). The Hall–Kier alpha value is 1.06. The molecule has 3 nitrogen and oxygen atoms in total. The van der Waals surface area contributed by atoms with Crippen molar-refractivity contribution in [2.24, 2.45) is 0 Å². The molecule has 0 unspecified atom stereocenters. The van der Waals surface area contributed by atoms with E-state index in [1.165, 1.54) is 6.08 Å². The lowest BCUT2D eigenvalue weighted by atomic mass is 10.3. The van der Waals surface area contributed by atoms with Gasteiger partial charge in [0.15, 0.2) is 0 Å². The van der Waals surface area contributed by atoms with Gasteiger partial charge in [-0.15, -0.1) is 0 Å². The molecule has 12 heavy (non-hydrogen) atoms. The van der Waals surface area contributed by atoms with Crippen molar-refractivity contribution in [3.8, 4) is 0 Å². The number of aliphatic hydroxyl groups is 3. The van der Waals surface area contributed by atoms with Crippen molar-refractivity contribution < 1.29 is 15.3 Å². The smallest absolute Gasteiger partial charge is 0.297 e. The first kappa shape index (κ1) is 13.1. The third kappa shape index (κ3) is 11.1. The molecule has 0 aromatic heterocycles. The van der Waals surface area contributed by atoms with Crippen LogP contribution >= 0.6 is 47.8 Å². The number of alkyl halides is 3. The first-order valence-electron chi connectivity index (χ1n) is 3.12. The first-order valence-corrected chi connectivity index (χ1v) is 5.50. The van der Waals surface area contributed by atoms with Crippen LogP contribution in [0, 0.1) is 0 Å². The highest BCUT2D eigenvalue weighted by molar-refractivity contribution is 9.39. The van der Waals surface area contributed by atoms with Gasteiger partial charge < -0.3 is 15.3 Å². The van der Waals surface area contributed by atoms with E-state index in [0.29, 0.717) is 12.8 Å². The average Bonchev–Trinajstić information content (AvgIpc) is 1.76. The summed E-state index contributed by atoms with van der Waals surface area (Å²) in [5.41, 5.74) is 0. The summed E-state index contributed by atoms with van der Waals surface area (Å²) >= 11 is 9.81. The maximum absolute atomic E-state index is 8.44. The van der Waals surface area contributed by atoms with Crippen LogP contribution < -0.4 is 0 Å². The molecule has 0 heterocycles. The van der Waals surface area contributed by atoms with Crippen LogP contribution in [0.25, 0.3) is 0 Å². The van der Waals surface area contributed by atoms with Crippen LogP contribution in [0.15, 0.2) is 12.2 Å². The van der Waals surface area contributed by atoms with Gasteiger partial charge in [0.05, 0.1) is 0 Å². The van der Waals surface area contributed by atoms with Crippen molar-refractivity contribution in [3.05, 3.63) is 12.2 Å². The lowest BCUT2D eigenvalue weighted by molar-refractivity contribution is -0.273. The number of rotatable bonds is 3. The minimum atomic E-state index is -2.70. The number of allylic oxidation sites excluding steroid dienone is 1. The van der Waals surface area contributed by atoms with Crippen molar-refractivity contribution >= 4 is 47.8 Å². The van der Waals surface area contributed by atoms with E-state index in [1.807, 2.05) is 0 Å². The predicted octanol–water partition coefficient (Wildman–Crippen LogP) is 1.79. The summed E-state index contributed by atoms with van der Waals surface area (Å²) in [5, 5.41) is 25.3. The minimum absolute atomic E-state index is 0.333. The largest absolute Gasteiger partial charge is 0.340 e. The molecule has 0 aliphatic carbocycles. The van der Waals surface area contributed by atoms with E-state index in [-0.39, 0.29) is 2.14 Å². The lowest BCUT2D eigenvalue weighted by Crippen LogP contribution is -2.23. The Balaban J connectivity index is 3.64. The fraction of sp³-hybridized carbons (Fsp3) is 0.667. The molecular weight excluding hydrogens is 360 g/mol. The second-order valence-corrected chi connectivity index (χ2v) is 9.50. The van der Waals surface area contributed by atoms with Gasteiger partial charge in [-0.3, -0.25) is 0 Å². The van der Waals surface area contributed by atoms with Crippen molar-refractivity contribution in [2.45, 2.75) is 21.0 Å². The van der Waals surface area contributed by atoms with Crippen LogP contribution in [0.5, 0.6) is 0 Å². The summed E-state index contributed by atoms with van der Waals surface area (Å²) in [6, 6.07) is 0. The number of hydrogen-bond donors (Lipinski definition) is 3. The SMILES string of the molecule is OC(O)(O)C=CCCC(Br)(Br)Br. The van der Waals surface area contributed by atoms with Gasteiger partial charge in [-0.05, 0) is 18.9 Å². The summed E-state index contributed by atoms with van der Waals surface area (Å²) in [6.07, 6.45) is 3.66. The number of halogens is 3. The molecule has 3 N–H and O–H groups in total. The summed E-state index contributed by atoms with van der Waals surface area (Å²) in [4.78, 5) is 0. The van der Waals surface area contributed by atoms with Crippen molar-refractivity contribution in [3.63, 3.8) is 0 Å². The highest BCUT2D eigenvalue weighted by Crippen LogP contribution is 2.38. The van der Waals surface area contributed by atoms with Gasteiger partial charge in [0.1, 0.15) is 2.14 Å². The van der Waals surface area contributed by atoms with Crippen LogP contribution in [0.4, 0.5) is 0 Å². The molecule has 0 atom stereocenters. The Labute approximate surface area is 95.9 Å². The van der Waals surface area contributed by atoms with Gasteiger partial charge in [0, 0.05) is 0 Å². The summed E-state index contributed by atoms with van der Waals surface area (Å²) < 4.78 is -0.333. The molecule has 0 amide bonds. The van der Waals surface area contributed by atoms with E-state index < -0.39 is 5.97 Å². The molecule has 0 aliphatic rings. The Morgan fingerprint density at radius 2 is 1.58 bits per heavy atom. The van der Waals surface area contributed by atoms with Crippen molar-refractivity contribution in [2.75, 3.05) is 0 Å². The standard InChI is InChI=1S/C6H9Br3O3/c7-5(8,9)3-1-2-4-6(10,11)12/h2,4,10-12H,1,3H2. The third-order valence-corrected chi connectivity index (χ3v) is 2.13. The normalized spacial score (nSPS) is 14.2. The van der Waals surface area contributed by atoms with Crippen molar-refractivity contribution in [1.82, 2.24) is 0 Å². The fourth-order valence-corrected chi connectivity index (χ4v) is 1.18. The fourth-order valence-electron chi connectivity index (χ4n) is 0.488. The van der Waals surface area contributed by atoms with E-state index >= 15 is 0 Å². The van der Waals surface area contributed by atoms with E-state index in [4.69, 9.17) is 15.3 Å². The maximum atomic E-state index is 8.44. The van der Waals surface area contributed by atoms with Gasteiger partial charge in [-0.25, -0.2) is 0 Å². The zero-order valence-corrected chi connectivity index (χ0v) is 10.8. The summed E-state index contributed by atoms with van der Waals surface area (Å²) in [7, 11) is 0. The molecule has 0 saturated carbocycles. The molecule has 0 saturated heterocycles. The second kappa shape index (κ2) is 5.07. The van der Waals surface area contributed by atoms with Crippen LogP contribution in [0.1, 0.15) is 12.8 Å². The summed E-state index contributed by atoms with van der Waals surface area (Å²) in [6.45, 7) is 0. The molecular formula is C6H9Br3O3. The first-order chi connectivity index (χ1) is 5.21. The zero-order chi connectivity index (χ0) is 9.83. The average molecular weight is 369 g/mol. The van der Waals surface area contributed by atoms with Gasteiger partial charge >= 0.3 is 0 Å². The third-order valence-electron chi connectivity index (χ3n) is 0.936. The molecule has 6 heteroatoms. The predicted molar refractivity (Wildman–Crippen MR) is 57.3 cm³/mol. The quantitative estimate of drug-likeness (QED) is 0.404. The molecule has 0 radical (unpaired) electrons. The van der Waals surface area contributed by atoms with Crippen molar-refractivity contribution in [1.29, 1.82) is 0 Å². The Morgan fingerprint density at radius 3 is 1.92 bits per heavy atom. The topological polar surface area (TPSA) is 60.7 Å². The van der Waals surface area contributed by atoms with Gasteiger partial charge in [-0.2, -0.15) is 0 Å². The van der Waals surface area contributed by atoms with Crippen LogP contribution in [-0.4, -0.2) is 23.4 Å². The highest BCUT2D eigenvalue weighted by atomic mass is 80.0. The highest BCUT2D eigenvalue weighted by Gasteiger charge is 2.16. The molecule has 0 aromatic carbocycles. The number of hydrogen-bond acceptors (Lipinski definition) is 3. The Morgan fingerprint density at radius 1 is 1.08 bits per heavy atom. The zero-order valence-electron chi connectivity index (χ0n) is 6.04. The Kier molecular flexibility index (Phi) is 5.52. The molecule has 0 fully saturated rings. The molecule has 0 bridgehead atoms. The minimum Gasteiger partial charge on any atom is -0.340 e. The lowest BCUT2D eigenvalue weighted by Gasteiger charge is -2.10. The molecule has 72 valence electrons. The van der Waals surface area contributed by atoms with Gasteiger partial charge in [0.25, 0.3) is 5.97 Å². The van der Waals surface area contributed by atoms with E-state index in [9.17, 15) is 0 Å². The van der Waals surface area contributed by atoms with Gasteiger partial charge in [0.2, 0.25) is 0 Å². The monoisotopic (exact) mass is 366 g/mol. The Bertz CT molecular complexity index is 156. The summed E-state index contributed by atoms with van der Waals surface area (Å²) in [5.74, 6) is -2.70. The van der Waals surface area contributed by atoms with Gasteiger partial charge in [-0.1, -0.05) is 53.9 Å². The van der Waals surface area contributed by atoms with E-state index in [1.54, 1.807) is 0 Å².